The molecule has 116 valence electrons. The average Bonchev–Trinajstić information content (AvgIpc) is 2.98. The Morgan fingerprint density at radius 2 is 2.10 bits per heavy atom. The smallest absolute Gasteiger partial charge is 0.243 e. The molecule has 2 rings (SSSR count). The second-order valence-corrected chi connectivity index (χ2v) is 7.84. The summed E-state index contributed by atoms with van der Waals surface area (Å²) >= 11 is 3.34. The monoisotopic (exact) mass is 373 g/mol. The van der Waals surface area contributed by atoms with Crippen molar-refractivity contribution >= 4 is 26.0 Å². The molecule has 0 bridgehead atoms. The number of hydrogen-bond donors (Lipinski definition) is 0. The van der Waals surface area contributed by atoms with Crippen LogP contribution in [0, 0.1) is 0 Å². The number of hydrogen-bond acceptors (Lipinski definition) is 3. The van der Waals surface area contributed by atoms with E-state index in [0.717, 1.165) is 25.7 Å². The summed E-state index contributed by atoms with van der Waals surface area (Å²) in [6.07, 6.45) is 5.66. The zero-order valence-electron chi connectivity index (χ0n) is 12.1. The number of benzene rings is 1. The van der Waals surface area contributed by atoms with E-state index in [1.54, 1.807) is 35.7 Å². The Bertz CT molecular complexity index is 609. The fourth-order valence-electron chi connectivity index (χ4n) is 2.71. The van der Waals surface area contributed by atoms with Crippen LogP contribution in [0.2, 0.25) is 0 Å². The lowest BCUT2D eigenvalue weighted by Gasteiger charge is -2.27. The van der Waals surface area contributed by atoms with Gasteiger partial charge in [-0.05, 0) is 47.0 Å². The van der Waals surface area contributed by atoms with Crippen LogP contribution in [0.3, 0.4) is 0 Å². The van der Waals surface area contributed by atoms with Crippen LogP contribution < -0.4 is 4.74 Å². The van der Waals surface area contributed by atoms with Crippen LogP contribution >= 0.6 is 15.9 Å². The molecule has 1 aromatic rings. The minimum Gasteiger partial charge on any atom is -0.496 e. The molecule has 0 radical (unpaired) electrons. The third-order valence-corrected chi connectivity index (χ3v) is 6.30. The lowest BCUT2D eigenvalue weighted by atomic mass is 10.2. The Morgan fingerprint density at radius 1 is 1.43 bits per heavy atom. The second-order valence-electron chi connectivity index (χ2n) is 5.10. The standard InChI is InChI=1S/C15H20BrNO3S/c1-3-10-17(12-6-4-5-7-12)21(18,19)13-8-9-15(20-2)14(16)11-13/h3,8-9,11-12H,1,4-7,10H2,2H3. The zero-order valence-corrected chi connectivity index (χ0v) is 14.5. The molecule has 1 aliphatic rings. The molecule has 0 aromatic heterocycles. The molecule has 1 fully saturated rings. The van der Waals surface area contributed by atoms with Crippen LogP contribution in [0.1, 0.15) is 25.7 Å². The molecule has 0 N–H and O–H groups in total. The van der Waals surface area contributed by atoms with Crippen molar-refractivity contribution in [1.82, 2.24) is 4.31 Å². The molecule has 0 atom stereocenters. The maximum atomic E-state index is 12.9. The fraction of sp³-hybridized carbons (Fsp3) is 0.467. The molecule has 0 spiro atoms. The highest BCUT2D eigenvalue weighted by Gasteiger charge is 2.32. The van der Waals surface area contributed by atoms with Gasteiger partial charge in [0.2, 0.25) is 10.0 Å². The van der Waals surface area contributed by atoms with Gasteiger partial charge in [-0.1, -0.05) is 18.9 Å². The first-order valence-electron chi connectivity index (χ1n) is 6.97. The molecule has 6 heteroatoms. The summed E-state index contributed by atoms with van der Waals surface area (Å²) in [6.45, 7) is 4.03. The molecule has 0 aliphatic heterocycles. The first-order chi connectivity index (χ1) is 10.0. The van der Waals surface area contributed by atoms with Crippen LogP contribution in [0.5, 0.6) is 5.75 Å². The van der Waals surface area contributed by atoms with Gasteiger partial charge in [0.05, 0.1) is 16.5 Å². The van der Waals surface area contributed by atoms with Gasteiger partial charge in [0.1, 0.15) is 5.75 Å². The lowest BCUT2D eigenvalue weighted by Crippen LogP contribution is -2.38. The summed E-state index contributed by atoms with van der Waals surface area (Å²) in [5, 5.41) is 0. The van der Waals surface area contributed by atoms with Crippen LogP contribution in [-0.2, 0) is 10.0 Å². The van der Waals surface area contributed by atoms with Gasteiger partial charge < -0.3 is 4.74 Å². The number of sulfonamides is 1. The number of rotatable bonds is 6. The molecule has 0 heterocycles. The van der Waals surface area contributed by atoms with Gasteiger partial charge in [-0.2, -0.15) is 4.31 Å². The maximum absolute atomic E-state index is 12.9. The van der Waals surface area contributed by atoms with E-state index in [9.17, 15) is 8.42 Å². The van der Waals surface area contributed by atoms with E-state index in [1.165, 1.54) is 0 Å². The highest BCUT2D eigenvalue weighted by atomic mass is 79.9. The number of ether oxygens (including phenoxy) is 1. The van der Waals surface area contributed by atoms with Crippen molar-refractivity contribution in [3.05, 3.63) is 35.3 Å². The highest BCUT2D eigenvalue weighted by molar-refractivity contribution is 9.10. The first-order valence-corrected chi connectivity index (χ1v) is 9.20. The molecule has 1 aromatic carbocycles. The van der Waals surface area contributed by atoms with Crippen molar-refractivity contribution in [2.75, 3.05) is 13.7 Å². The normalized spacial score (nSPS) is 16.3. The van der Waals surface area contributed by atoms with Crippen molar-refractivity contribution in [3.8, 4) is 5.75 Å². The van der Waals surface area contributed by atoms with Crippen molar-refractivity contribution in [1.29, 1.82) is 0 Å². The van der Waals surface area contributed by atoms with Gasteiger partial charge in [0.15, 0.2) is 0 Å². The Morgan fingerprint density at radius 3 is 2.62 bits per heavy atom. The van der Waals surface area contributed by atoms with Gasteiger partial charge in [0.25, 0.3) is 0 Å². The largest absolute Gasteiger partial charge is 0.496 e. The highest BCUT2D eigenvalue weighted by Crippen LogP contribution is 2.32. The third kappa shape index (κ3) is 3.49. The summed E-state index contributed by atoms with van der Waals surface area (Å²) in [6, 6.07) is 4.93. The Balaban J connectivity index is 2.37. The zero-order chi connectivity index (χ0) is 15.5. The third-order valence-electron chi connectivity index (χ3n) is 3.77. The van der Waals surface area contributed by atoms with Crippen molar-refractivity contribution in [3.63, 3.8) is 0 Å². The summed E-state index contributed by atoms with van der Waals surface area (Å²) < 4.78 is 33.1. The van der Waals surface area contributed by atoms with Gasteiger partial charge >= 0.3 is 0 Å². The van der Waals surface area contributed by atoms with Crippen LogP contribution in [-0.4, -0.2) is 32.4 Å². The molecular weight excluding hydrogens is 354 g/mol. The summed E-state index contributed by atoms with van der Waals surface area (Å²) in [5.74, 6) is 0.616. The molecule has 21 heavy (non-hydrogen) atoms. The average molecular weight is 374 g/mol. The molecule has 0 saturated heterocycles. The van der Waals surface area contributed by atoms with E-state index in [2.05, 4.69) is 22.5 Å². The Hall–Kier alpha value is -0.850. The SMILES string of the molecule is C=CCN(C1CCCC1)S(=O)(=O)c1ccc(OC)c(Br)c1. The molecule has 1 aliphatic carbocycles. The molecular formula is C15H20BrNO3S. The van der Waals surface area contributed by atoms with Crippen LogP contribution in [0.25, 0.3) is 0 Å². The van der Waals surface area contributed by atoms with E-state index >= 15 is 0 Å². The quantitative estimate of drug-likeness (QED) is 0.715. The predicted molar refractivity (Wildman–Crippen MR) is 87.0 cm³/mol. The van der Waals surface area contributed by atoms with E-state index in [4.69, 9.17) is 4.74 Å². The molecule has 1 saturated carbocycles. The summed E-state index contributed by atoms with van der Waals surface area (Å²) in [5.41, 5.74) is 0. The van der Waals surface area contributed by atoms with Gasteiger partial charge in [-0.15, -0.1) is 6.58 Å². The van der Waals surface area contributed by atoms with Crippen molar-refractivity contribution in [2.24, 2.45) is 0 Å². The molecule has 4 nitrogen and oxygen atoms in total. The van der Waals surface area contributed by atoms with Crippen molar-refractivity contribution in [2.45, 2.75) is 36.6 Å². The topological polar surface area (TPSA) is 46.6 Å². The van der Waals surface area contributed by atoms with Gasteiger partial charge in [-0.25, -0.2) is 8.42 Å². The fourth-order valence-corrected chi connectivity index (χ4v) is 5.08. The van der Waals surface area contributed by atoms with E-state index in [0.29, 0.717) is 16.8 Å². The Kier molecular flexibility index (Phi) is 5.46. The van der Waals surface area contributed by atoms with Gasteiger partial charge in [0, 0.05) is 12.6 Å². The number of methoxy groups -OCH3 is 1. The van der Waals surface area contributed by atoms with E-state index in [1.807, 2.05) is 0 Å². The lowest BCUT2D eigenvalue weighted by molar-refractivity contribution is 0.347. The predicted octanol–water partition coefficient (Wildman–Crippen LogP) is 3.58. The first kappa shape index (κ1) is 16.5. The minimum absolute atomic E-state index is 0.0777. The van der Waals surface area contributed by atoms with Crippen molar-refractivity contribution < 1.29 is 13.2 Å². The Labute approximate surface area is 135 Å². The van der Waals surface area contributed by atoms with E-state index < -0.39 is 10.0 Å². The van der Waals surface area contributed by atoms with E-state index in [-0.39, 0.29) is 10.9 Å². The van der Waals surface area contributed by atoms with Gasteiger partial charge in [-0.3, -0.25) is 0 Å². The maximum Gasteiger partial charge on any atom is 0.243 e. The molecule has 0 amide bonds. The molecule has 0 unspecified atom stereocenters. The summed E-state index contributed by atoms with van der Waals surface area (Å²) in [4.78, 5) is 0.281. The number of nitrogens with zero attached hydrogens (tertiary/aromatic N) is 1. The van der Waals surface area contributed by atoms with Crippen LogP contribution in [0.15, 0.2) is 40.2 Å². The minimum atomic E-state index is -3.52. The number of halogens is 1. The second kappa shape index (κ2) is 6.94. The van der Waals surface area contributed by atoms with Crippen LogP contribution in [0.4, 0.5) is 0 Å². The summed E-state index contributed by atoms with van der Waals surface area (Å²) in [7, 11) is -1.97.